The highest BCUT2D eigenvalue weighted by Crippen LogP contribution is 2.34. The van der Waals surface area contributed by atoms with E-state index in [1.165, 1.54) is 0 Å². The van der Waals surface area contributed by atoms with E-state index in [0.29, 0.717) is 18.0 Å². The molecule has 2 N–H and O–H groups in total. The predicted octanol–water partition coefficient (Wildman–Crippen LogP) is 4.79. The van der Waals surface area contributed by atoms with Gasteiger partial charge in [-0.1, -0.05) is 54.1 Å². The zero-order chi connectivity index (χ0) is 14.7. The third-order valence-electron chi connectivity index (χ3n) is 3.44. The molecule has 0 bridgehead atoms. The fourth-order valence-electron chi connectivity index (χ4n) is 2.42. The van der Waals surface area contributed by atoms with E-state index in [2.05, 4.69) is 18.2 Å². The molecule has 0 fully saturated rings. The maximum atomic E-state index is 6.26. The number of hydrogen-bond donors (Lipinski definition) is 1. The largest absolute Gasteiger partial charge is 0.456 e. The summed E-state index contributed by atoms with van der Waals surface area (Å²) in [6.45, 7) is 0.537. The maximum absolute atomic E-state index is 6.26. The van der Waals surface area contributed by atoms with Crippen LogP contribution < -0.4 is 10.5 Å². The summed E-state index contributed by atoms with van der Waals surface area (Å²) >= 11 is 6.26. The number of hydrogen-bond acceptors (Lipinski definition) is 2. The molecule has 0 heterocycles. The second-order valence-electron chi connectivity index (χ2n) is 4.83. The van der Waals surface area contributed by atoms with Crippen LogP contribution in [0.1, 0.15) is 5.56 Å². The first-order valence-corrected chi connectivity index (χ1v) is 7.30. The Hall–Kier alpha value is -2.03. The molecule has 0 aliphatic carbocycles. The van der Waals surface area contributed by atoms with Gasteiger partial charge in [0.05, 0.1) is 0 Å². The van der Waals surface area contributed by atoms with E-state index in [9.17, 15) is 0 Å². The van der Waals surface area contributed by atoms with E-state index in [1.54, 1.807) is 0 Å². The van der Waals surface area contributed by atoms with E-state index >= 15 is 0 Å². The molecule has 0 amide bonds. The highest BCUT2D eigenvalue weighted by molar-refractivity contribution is 6.31. The van der Waals surface area contributed by atoms with Crippen LogP contribution in [0.5, 0.6) is 11.5 Å². The van der Waals surface area contributed by atoms with Crippen molar-refractivity contribution in [3.63, 3.8) is 0 Å². The summed E-state index contributed by atoms with van der Waals surface area (Å²) in [4.78, 5) is 0. The average Bonchev–Trinajstić information content (AvgIpc) is 2.51. The molecule has 3 rings (SSSR count). The third kappa shape index (κ3) is 2.87. The minimum absolute atomic E-state index is 0.537. The Morgan fingerprint density at radius 1 is 0.857 bits per heavy atom. The highest BCUT2D eigenvalue weighted by Gasteiger charge is 2.10. The van der Waals surface area contributed by atoms with E-state index < -0.39 is 0 Å². The van der Waals surface area contributed by atoms with E-state index in [0.717, 1.165) is 27.8 Å². The van der Waals surface area contributed by atoms with Gasteiger partial charge in [0.25, 0.3) is 0 Å². The molecule has 0 saturated heterocycles. The van der Waals surface area contributed by atoms with Gasteiger partial charge in [0.2, 0.25) is 0 Å². The summed E-state index contributed by atoms with van der Waals surface area (Å²) in [5.74, 6) is 1.60. The Morgan fingerprint density at radius 3 is 2.43 bits per heavy atom. The molecule has 0 aliphatic rings. The van der Waals surface area contributed by atoms with E-state index in [1.807, 2.05) is 42.5 Å². The number of ether oxygens (including phenoxy) is 1. The van der Waals surface area contributed by atoms with Crippen molar-refractivity contribution in [2.45, 2.75) is 6.42 Å². The molecular weight excluding hydrogens is 282 g/mol. The number of rotatable bonds is 4. The Balaban J connectivity index is 2.05. The van der Waals surface area contributed by atoms with Crippen molar-refractivity contribution in [3.05, 3.63) is 71.2 Å². The van der Waals surface area contributed by atoms with Crippen LogP contribution >= 0.6 is 11.6 Å². The summed E-state index contributed by atoms with van der Waals surface area (Å²) in [6, 6.07) is 19.9. The molecule has 21 heavy (non-hydrogen) atoms. The summed E-state index contributed by atoms with van der Waals surface area (Å²) in [7, 11) is 0. The normalized spacial score (nSPS) is 10.8. The van der Waals surface area contributed by atoms with Crippen LogP contribution in [-0.2, 0) is 6.42 Å². The van der Waals surface area contributed by atoms with Gasteiger partial charge < -0.3 is 10.5 Å². The van der Waals surface area contributed by atoms with Crippen LogP contribution in [0, 0.1) is 0 Å². The molecule has 3 aromatic rings. The quantitative estimate of drug-likeness (QED) is 0.751. The predicted molar refractivity (Wildman–Crippen MR) is 88.2 cm³/mol. The molecular formula is C18H16ClNO. The van der Waals surface area contributed by atoms with Crippen molar-refractivity contribution in [1.82, 2.24) is 0 Å². The van der Waals surface area contributed by atoms with Crippen molar-refractivity contribution >= 4 is 22.4 Å². The number of nitrogens with two attached hydrogens (primary N) is 1. The lowest BCUT2D eigenvalue weighted by Crippen LogP contribution is -2.04. The van der Waals surface area contributed by atoms with Gasteiger partial charge in [0, 0.05) is 16.0 Å². The standard InChI is InChI=1S/C18H16ClNO/c19-16-8-4-10-18(15(16)11-12-20)21-17-9-3-6-13-5-1-2-7-14(13)17/h1-10H,11-12,20H2. The van der Waals surface area contributed by atoms with Crippen LogP contribution in [0.15, 0.2) is 60.7 Å². The Bertz CT molecular complexity index is 765. The van der Waals surface area contributed by atoms with Gasteiger partial charge in [-0.2, -0.15) is 0 Å². The van der Waals surface area contributed by atoms with Crippen LogP contribution in [0.3, 0.4) is 0 Å². The molecule has 0 spiro atoms. The molecule has 106 valence electrons. The van der Waals surface area contributed by atoms with Gasteiger partial charge >= 0.3 is 0 Å². The molecule has 0 unspecified atom stereocenters. The third-order valence-corrected chi connectivity index (χ3v) is 3.79. The van der Waals surface area contributed by atoms with Gasteiger partial charge in [-0.15, -0.1) is 0 Å². The van der Waals surface area contributed by atoms with Gasteiger partial charge in [0.15, 0.2) is 0 Å². The van der Waals surface area contributed by atoms with Crippen molar-refractivity contribution in [3.8, 4) is 11.5 Å². The van der Waals surface area contributed by atoms with Crippen LogP contribution in [-0.4, -0.2) is 6.54 Å². The van der Waals surface area contributed by atoms with Crippen molar-refractivity contribution < 1.29 is 4.74 Å². The fourth-order valence-corrected chi connectivity index (χ4v) is 2.68. The summed E-state index contributed by atoms with van der Waals surface area (Å²) in [5, 5.41) is 2.93. The molecule has 2 nitrogen and oxygen atoms in total. The molecule has 0 atom stereocenters. The van der Waals surface area contributed by atoms with Gasteiger partial charge in [-0.05, 0) is 36.6 Å². The first-order valence-electron chi connectivity index (χ1n) is 6.92. The van der Waals surface area contributed by atoms with Crippen LogP contribution in [0.25, 0.3) is 10.8 Å². The molecule has 0 saturated carbocycles. The number of benzene rings is 3. The lowest BCUT2D eigenvalue weighted by molar-refractivity contribution is 0.482. The van der Waals surface area contributed by atoms with Crippen molar-refractivity contribution in [1.29, 1.82) is 0 Å². The van der Waals surface area contributed by atoms with Crippen molar-refractivity contribution in [2.75, 3.05) is 6.54 Å². The SMILES string of the molecule is NCCc1c(Cl)cccc1Oc1cccc2ccccc12. The second kappa shape index (κ2) is 6.17. The monoisotopic (exact) mass is 297 g/mol. The molecule has 0 radical (unpaired) electrons. The zero-order valence-corrected chi connectivity index (χ0v) is 12.3. The lowest BCUT2D eigenvalue weighted by Gasteiger charge is -2.13. The number of fused-ring (bicyclic) bond motifs is 1. The van der Waals surface area contributed by atoms with Crippen LogP contribution in [0.4, 0.5) is 0 Å². The number of halogens is 1. The maximum Gasteiger partial charge on any atom is 0.135 e. The van der Waals surface area contributed by atoms with Crippen LogP contribution in [0.2, 0.25) is 5.02 Å². The van der Waals surface area contributed by atoms with Gasteiger partial charge in [-0.25, -0.2) is 0 Å². The second-order valence-corrected chi connectivity index (χ2v) is 5.24. The molecule has 3 aromatic carbocycles. The fraction of sp³-hybridized carbons (Fsp3) is 0.111. The van der Waals surface area contributed by atoms with Crippen molar-refractivity contribution in [2.24, 2.45) is 5.73 Å². The molecule has 0 aromatic heterocycles. The molecule has 0 aliphatic heterocycles. The van der Waals surface area contributed by atoms with E-state index in [4.69, 9.17) is 22.1 Å². The minimum atomic E-state index is 0.537. The first-order chi connectivity index (χ1) is 10.3. The summed E-state index contributed by atoms with van der Waals surface area (Å²) in [5.41, 5.74) is 6.62. The first kappa shape index (κ1) is 13.9. The molecule has 3 heteroatoms. The minimum Gasteiger partial charge on any atom is -0.456 e. The average molecular weight is 298 g/mol. The Morgan fingerprint density at radius 2 is 1.57 bits per heavy atom. The zero-order valence-electron chi connectivity index (χ0n) is 11.6. The van der Waals surface area contributed by atoms with Gasteiger partial charge in [0.1, 0.15) is 11.5 Å². The Labute approximate surface area is 129 Å². The van der Waals surface area contributed by atoms with E-state index in [-0.39, 0.29) is 0 Å². The van der Waals surface area contributed by atoms with Gasteiger partial charge in [-0.3, -0.25) is 0 Å². The highest BCUT2D eigenvalue weighted by atomic mass is 35.5. The summed E-state index contributed by atoms with van der Waals surface area (Å²) in [6.07, 6.45) is 0.694. The lowest BCUT2D eigenvalue weighted by atomic mass is 10.1. The summed E-state index contributed by atoms with van der Waals surface area (Å²) < 4.78 is 6.12. The topological polar surface area (TPSA) is 35.2 Å². The smallest absolute Gasteiger partial charge is 0.135 e. The Kier molecular flexibility index (Phi) is 4.09.